The Hall–Kier alpha value is -3.36. The van der Waals surface area contributed by atoms with Crippen LogP contribution < -0.4 is 5.56 Å². The molecule has 2 aromatic carbocycles. The molecule has 4 aromatic rings. The molecule has 0 amide bonds. The highest BCUT2D eigenvalue weighted by atomic mass is 16.5. The van der Waals surface area contributed by atoms with E-state index in [1.54, 1.807) is 7.11 Å². The van der Waals surface area contributed by atoms with Crippen molar-refractivity contribution in [3.63, 3.8) is 0 Å². The second kappa shape index (κ2) is 11.1. The maximum atomic E-state index is 13.2. The zero-order chi connectivity index (χ0) is 25.8. The molecule has 8 nitrogen and oxygen atoms in total. The Balaban J connectivity index is 1.78. The molecule has 2 aromatic heterocycles. The topological polar surface area (TPSA) is 88.9 Å². The molecule has 0 saturated carbocycles. The van der Waals surface area contributed by atoms with Crippen molar-refractivity contribution in [1.82, 2.24) is 30.1 Å². The smallest absolute Gasteiger partial charge is 0.252 e. The standard InChI is InChI=1S/C28H36N6O2/c1-18(2)26(27-30-31-32-34(27)11-12-36-6)33(16-22-9-7-19(3)8-10-22)17-23-15-24-21(5)13-20(4)14-25(24)29-28(23)35/h7-10,13-15,18,26H,11-12,16-17H2,1-6H3,(H,29,35)/t26-/m1/s1. The molecule has 0 bridgehead atoms. The maximum absolute atomic E-state index is 13.2. The highest BCUT2D eigenvalue weighted by Crippen LogP contribution is 2.30. The zero-order valence-electron chi connectivity index (χ0n) is 22.1. The zero-order valence-corrected chi connectivity index (χ0v) is 22.1. The molecule has 0 fully saturated rings. The lowest BCUT2D eigenvalue weighted by Gasteiger charge is -2.33. The molecule has 8 heteroatoms. The predicted octanol–water partition coefficient (Wildman–Crippen LogP) is 4.49. The lowest BCUT2D eigenvalue weighted by molar-refractivity contribution is 0.121. The number of aryl methyl sites for hydroxylation is 3. The van der Waals surface area contributed by atoms with Gasteiger partial charge in [0.05, 0.1) is 19.2 Å². The van der Waals surface area contributed by atoms with E-state index in [-0.39, 0.29) is 17.5 Å². The van der Waals surface area contributed by atoms with Crippen molar-refractivity contribution in [3.05, 3.63) is 86.5 Å². The number of aromatic nitrogens is 5. The summed E-state index contributed by atoms with van der Waals surface area (Å²) in [5.41, 5.74) is 6.20. The largest absolute Gasteiger partial charge is 0.383 e. The molecule has 0 aliphatic rings. The summed E-state index contributed by atoms with van der Waals surface area (Å²) >= 11 is 0. The van der Waals surface area contributed by atoms with Gasteiger partial charge in [0.1, 0.15) is 0 Å². The Bertz CT molecular complexity index is 1370. The first-order valence-electron chi connectivity index (χ1n) is 12.4. The molecule has 1 atom stereocenters. The summed E-state index contributed by atoms with van der Waals surface area (Å²) in [6, 6.07) is 14.6. The molecular formula is C28H36N6O2. The summed E-state index contributed by atoms with van der Waals surface area (Å²) in [6.45, 7) is 12.8. The van der Waals surface area contributed by atoms with Gasteiger partial charge in [0.25, 0.3) is 5.56 Å². The van der Waals surface area contributed by atoms with E-state index in [1.807, 2.05) is 23.7 Å². The van der Waals surface area contributed by atoms with Gasteiger partial charge in [0.15, 0.2) is 5.82 Å². The Morgan fingerprint density at radius 3 is 2.47 bits per heavy atom. The number of hydrogen-bond donors (Lipinski definition) is 1. The third kappa shape index (κ3) is 5.71. The molecule has 0 aliphatic carbocycles. The first kappa shape index (κ1) is 25.7. The molecule has 0 spiro atoms. The fraction of sp³-hybridized carbons (Fsp3) is 0.429. The van der Waals surface area contributed by atoms with E-state index in [0.717, 1.165) is 33.4 Å². The van der Waals surface area contributed by atoms with Gasteiger partial charge in [-0.3, -0.25) is 9.69 Å². The number of benzene rings is 2. The highest BCUT2D eigenvalue weighted by Gasteiger charge is 2.30. The number of fused-ring (bicyclic) bond motifs is 1. The summed E-state index contributed by atoms with van der Waals surface area (Å²) < 4.78 is 7.09. The fourth-order valence-electron chi connectivity index (χ4n) is 4.88. The average Bonchev–Trinajstić information content (AvgIpc) is 3.27. The first-order chi connectivity index (χ1) is 17.3. The molecule has 190 valence electrons. The van der Waals surface area contributed by atoms with Gasteiger partial charge in [0.2, 0.25) is 0 Å². The minimum Gasteiger partial charge on any atom is -0.383 e. The van der Waals surface area contributed by atoms with Gasteiger partial charge in [-0.25, -0.2) is 4.68 Å². The van der Waals surface area contributed by atoms with Crippen molar-refractivity contribution in [2.24, 2.45) is 5.92 Å². The summed E-state index contributed by atoms with van der Waals surface area (Å²) in [5, 5.41) is 13.7. The first-order valence-corrected chi connectivity index (χ1v) is 12.4. The molecule has 36 heavy (non-hydrogen) atoms. The lowest BCUT2D eigenvalue weighted by atomic mass is 9.99. The summed E-state index contributed by atoms with van der Waals surface area (Å²) in [6.07, 6.45) is 0. The molecular weight excluding hydrogens is 452 g/mol. The molecule has 4 rings (SSSR count). The van der Waals surface area contributed by atoms with E-state index >= 15 is 0 Å². The average molecular weight is 489 g/mol. The van der Waals surface area contributed by atoms with Crippen molar-refractivity contribution < 1.29 is 4.74 Å². The normalized spacial score (nSPS) is 12.7. The number of nitrogens with zero attached hydrogens (tertiary/aromatic N) is 5. The molecule has 0 radical (unpaired) electrons. The third-order valence-electron chi connectivity index (χ3n) is 6.63. The second-order valence-corrected chi connectivity index (χ2v) is 10.00. The van der Waals surface area contributed by atoms with E-state index < -0.39 is 0 Å². The van der Waals surface area contributed by atoms with Gasteiger partial charge >= 0.3 is 0 Å². The van der Waals surface area contributed by atoms with Crippen LogP contribution >= 0.6 is 0 Å². The Morgan fingerprint density at radius 2 is 1.78 bits per heavy atom. The number of tetrazole rings is 1. The minimum atomic E-state index is -0.104. The Morgan fingerprint density at radius 1 is 1.03 bits per heavy atom. The van der Waals surface area contributed by atoms with Crippen LogP contribution in [0.15, 0.2) is 47.3 Å². The fourth-order valence-corrected chi connectivity index (χ4v) is 4.88. The highest BCUT2D eigenvalue weighted by molar-refractivity contribution is 5.83. The number of pyridine rings is 1. The van der Waals surface area contributed by atoms with Gasteiger partial charge in [-0.15, -0.1) is 5.10 Å². The van der Waals surface area contributed by atoms with Gasteiger partial charge < -0.3 is 9.72 Å². The number of ether oxygens (including phenoxy) is 1. The van der Waals surface area contributed by atoms with Crippen molar-refractivity contribution in [3.8, 4) is 0 Å². The van der Waals surface area contributed by atoms with Gasteiger partial charge in [-0.1, -0.05) is 49.7 Å². The van der Waals surface area contributed by atoms with E-state index in [1.165, 1.54) is 11.1 Å². The van der Waals surface area contributed by atoms with Crippen molar-refractivity contribution >= 4 is 10.9 Å². The molecule has 1 N–H and O–H groups in total. The van der Waals surface area contributed by atoms with Crippen molar-refractivity contribution in [2.45, 2.75) is 60.3 Å². The molecule has 0 aliphatic heterocycles. The van der Waals surface area contributed by atoms with Gasteiger partial charge in [-0.05, 0) is 65.9 Å². The van der Waals surface area contributed by atoms with Gasteiger partial charge in [-0.2, -0.15) is 0 Å². The predicted molar refractivity (Wildman–Crippen MR) is 142 cm³/mol. The van der Waals surface area contributed by atoms with Crippen molar-refractivity contribution in [2.75, 3.05) is 13.7 Å². The lowest BCUT2D eigenvalue weighted by Crippen LogP contribution is -2.35. The van der Waals surface area contributed by atoms with Crippen LogP contribution in [0, 0.1) is 26.7 Å². The van der Waals surface area contributed by atoms with Crippen LogP contribution in [0.1, 0.15) is 53.5 Å². The Labute approximate surface area is 212 Å². The van der Waals surface area contributed by atoms with Crippen molar-refractivity contribution in [1.29, 1.82) is 0 Å². The summed E-state index contributed by atoms with van der Waals surface area (Å²) in [4.78, 5) is 18.7. The monoisotopic (exact) mass is 488 g/mol. The SMILES string of the molecule is COCCn1nnnc1[C@@H](C(C)C)N(Cc1ccc(C)cc1)Cc1cc2c(C)cc(C)cc2[nH]c1=O. The summed E-state index contributed by atoms with van der Waals surface area (Å²) in [5.74, 6) is 0.977. The van der Waals surface area contributed by atoms with E-state index in [4.69, 9.17) is 4.74 Å². The number of methoxy groups -OCH3 is 1. The van der Waals surface area contributed by atoms with Gasteiger partial charge in [0, 0.05) is 36.7 Å². The van der Waals surface area contributed by atoms with E-state index in [0.29, 0.717) is 26.2 Å². The molecule has 0 unspecified atom stereocenters. The minimum absolute atomic E-state index is 0.0668. The van der Waals surface area contributed by atoms with Crippen LogP contribution in [0.4, 0.5) is 0 Å². The van der Waals surface area contributed by atoms with Crippen LogP contribution in [0.25, 0.3) is 10.9 Å². The van der Waals surface area contributed by atoms with E-state index in [9.17, 15) is 4.79 Å². The molecule has 0 saturated heterocycles. The number of rotatable bonds is 10. The van der Waals surface area contributed by atoms with Crippen LogP contribution in [0.5, 0.6) is 0 Å². The van der Waals surface area contributed by atoms with Crippen LogP contribution in [0.2, 0.25) is 0 Å². The number of aromatic amines is 1. The van der Waals surface area contributed by atoms with E-state index in [2.05, 4.69) is 83.4 Å². The van der Waals surface area contributed by atoms with Crippen LogP contribution in [-0.4, -0.2) is 43.8 Å². The number of hydrogen-bond acceptors (Lipinski definition) is 6. The Kier molecular flexibility index (Phi) is 7.96. The molecule has 2 heterocycles. The third-order valence-corrected chi connectivity index (χ3v) is 6.63. The maximum Gasteiger partial charge on any atom is 0.252 e. The van der Waals surface area contributed by atoms with Crippen LogP contribution in [-0.2, 0) is 24.4 Å². The van der Waals surface area contributed by atoms with Crippen LogP contribution in [0.3, 0.4) is 0 Å². The number of nitrogens with one attached hydrogen (secondary N) is 1. The number of H-pyrrole nitrogens is 1. The quantitative estimate of drug-likeness (QED) is 0.354. The second-order valence-electron chi connectivity index (χ2n) is 10.00. The summed E-state index contributed by atoms with van der Waals surface area (Å²) in [7, 11) is 1.67.